The number of hydrogen-bond donors (Lipinski definition) is 2. The third-order valence-corrected chi connectivity index (χ3v) is 6.73. The Bertz CT molecular complexity index is 1240. The van der Waals surface area contributed by atoms with Gasteiger partial charge in [-0.2, -0.15) is 0 Å². The van der Waals surface area contributed by atoms with Gasteiger partial charge in [0.2, 0.25) is 11.8 Å². The summed E-state index contributed by atoms with van der Waals surface area (Å²) in [6.07, 6.45) is 2.18. The number of carbonyl (C=O) groups excluding carboxylic acids is 1. The number of aliphatic imine (C=N–C) groups is 1. The first kappa shape index (κ1) is 26.0. The van der Waals surface area contributed by atoms with E-state index in [4.69, 9.17) is 28.9 Å². The third-order valence-electron chi connectivity index (χ3n) is 6.23. The van der Waals surface area contributed by atoms with Crippen LogP contribution in [0.3, 0.4) is 0 Å². The van der Waals surface area contributed by atoms with Crippen LogP contribution in [0.4, 0.5) is 8.78 Å². The first-order chi connectivity index (χ1) is 17.2. The molecule has 0 atom stereocenters. The lowest BCUT2D eigenvalue weighted by atomic mass is 9.84. The number of carbonyl (C=O) groups is 1. The van der Waals surface area contributed by atoms with Gasteiger partial charge in [-0.05, 0) is 60.2 Å². The summed E-state index contributed by atoms with van der Waals surface area (Å²) in [6, 6.07) is 16.9. The molecule has 0 unspecified atom stereocenters. The number of amides is 1. The average Bonchev–Trinajstić information content (AvgIpc) is 2.85. The molecule has 0 spiro atoms. The van der Waals surface area contributed by atoms with Crippen LogP contribution in [0.1, 0.15) is 37.7 Å². The molecule has 3 N–H and O–H groups in total. The van der Waals surface area contributed by atoms with Gasteiger partial charge in [0.25, 0.3) is 0 Å². The summed E-state index contributed by atoms with van der Waals surface area (Å²) in [6.45, 7) is 0.205. The molecule has 4 rings (SSSR count). The molecule has 2 aromatic carbocycles. The minimum absolute atomic E-state index is 0.0176. The fraction of sp³-hybridized carbons (Fsp3) is 0.296. The average molecular weight is 531 g/mol. The summed E-state index contributed by atoms with van der Waals surface area (Å²) in [4.78, 5) is 21.2. The Morgan fingerprint density at radius 3 is 2.22 bits per heavy atom. The lowest BCUT2D eigenvalue weighted by molar-refractivity contribution is -0.121. The SMILES string of the molecule is NC(=NCc1cnc(-c2ccc(Cl)cc2)c(-c2ccc(Cl)cc2)c1)NC(=O)CC1CCC(F)(F)CC1. The van der Waals surface area contributed by atoms with Gasteiger partial charge < -0.3 is 5.73 Å². The summed E-state index contributed by atoms with van der Waals surface area (Å²) in [5.41, 5.74) is 10.2. The Labute approximate surface area is 218 Å². The number of hydrogen-bond acceptors (Lipinski definition) is 3. The molecule has 36 heavy (non-hydrogen) atoms. The van der Waals surface area contributed by atoms with Crippen molar-refractivity contribution < 1.29 is 13.6 Å². The van der Waals surface area contributed by atoms with Gasteiger partial charge >= 0.3 is 0 Å². The van der Waals surface area contributed by atoms with E-state index in [1.165, 1.54) is 0 Å². The van der Waals surface area contributed by atoms with Crippen molar-refractivity contribution in [1.82, 2.24) is 10.3 Å². The van der Waals surface area contributed by atoms with Crippen molar-refractivity contribution in [2.75, 3.05) is 0 Å². The molecule has 188 valence electrons. The van der Waals surface area contributed by atoms with E-state index in [0.717, 1.165) is 27.9 Å². The number of benzene rings is 2. The molecule has 1 saturated carbocycles. The zero-order valence-corrected chi connectivity index (χ0v) is 21.0. The van der Waals surface area contributed by atoms with Gasteiger partial charge in [0.05, 0.1) is 12.2 Å². The minimum Gasteiger partial charge on any atom is -0.370 e. The van der Waals surface area contributed by atoms with E-state index in [1.807, 2.05) is 54.6 Å². The van der Waals surface area contributed by atoms with Gasteiger partial charge in [0, 0.05) is 46.6 Å². The quantitative estimate of drug-likeness (QED) is 0.269. The lowest BCUT2D eigenvalue weighted by Gasteiger charge is -2.27. The van der Waals surface area contributed by atoms with E-state index in [0.29, 0.717) is 22.9 Å². The molecule has 9 heteroatoms. The first-order valence-corrected chi connectivity index (χ1v) is 12.4. The number of alkyl halides is 2. The maximum Gasteiger partial charge on any atom is 0.248 e. The summed E-state index contributed by atoms with van der Waals surface area (Å²) >= 11 is 12.1. The van der Waals surface area contributed by atoms with Crippen LogP contribution in [0.25, 0.3) is 22.4 Å². The third kappa shape index (κ3) is 7.02. The lowest BCUT2D eigenvalue weighted by Crippen LogP contribution is -2.38. The van der Waals surface area contributed by atoms with E-state index in [2.05, 4.69) is 15.3 Å². The van der Waals surface area contributed by atoms with Crippen LogP contribution in [0.15, 0.2) is 65.8 Å². The number of aromatic nitrogens is 1. The van der Waals surface area contributed by atoms with E-state index in [9.17, 15) is 13.6 Å². The Kier molecular flexibility index (Phi) is 8.21. The van der Waals surface area contributed by atoms with Gasteiger partial charge in [0.15, 0.2) is 5.96 Å². The van der Waals surface area contributed by atoms with Gasteiger partial charge in [-0.15, -0.1) is 0 Å². The van der Waals surface area contributed by atoms with E-state index in [-0.39, 0.29) is 43.6 Å². The van der Waals surface area contributed by atoms with Crippen molar-refractivity contribution in [1.29, 1.82) is 0 Å². The standard InChI is InChI=1S/C27H26Cl2F2N4O/c28-21-5-1-19(2-6-21)23-13-18(15-33-25(23)20-3-7-22(29)8-4-20)16-34-26(32)35-24(36)14-17-9-11-27(30,31)12-10-17/h1-8,13,15,17H,9-12,14,16H2,(H3,32,34,35,36). The summed E-state index contributed by atoms with van der Waals surface area (Å²) in [7, 11) is 0. The second-order valence-corrected chi connectivity index (χ2v) is 9.88. The number of rotatable bonds is 6. The molecule has 0 aliphatic heterocycles. The number of nitrogens with one attached hydrogen (secondary N) is 1. The molecule has 1 aliphatic carbocycles. The predicted molar refractivity (Wildman–Crippen MR) is 140 cm³/mol. The van der Waals surface area contributed by atoms with Crippen LogP contribution in [0, 0.1) is 5.92 Å². The van der Waals surface area contributed by atoms with Gasteiger partial charge in [-0.1, -0.05) is 47.5 Å². The van der Waals surface area contributed by atoms with Crippen LogP contribution in [-0.2, 0) is 11.3 Å². The van der Waals surface area contributed by atoms with Crippen LogP contribution in [0.5, 0.6) is 0 Å². The fourth-order valence-electron chi connectivity index (χ4n) is 4.26. The second kappa shape index (κ2) is 11.4. The Hall–Kier alpha value is -3.03. The molecule has 0 radical (unpaired) electrons. The highest BCUT2D eigenvalue weighted by molar-refractivity contribution is 6.31. The largest absolute Gasteiger partial charge is 0.370 e. The monoisotopic (exact) mass is 530 g/mol. The molecule has 1 amide bonds. The summed E-state index contributed by atoms with van der Waals surface area (Å²) in [5.74, 6) is -3.01. The molecular formula is C27H26Cl2F2N4O. The highest BCUT2D eigenvalue weighted by Gasteiger charge is 2.35. The fourth-order valence-corrected chi connectivity index (χ4v) is 4.51. The van der Waals surface area contributed by atoms with Crippen LogP contribution in [0.2, 0.25) is 10.0 Å². The summed E-state index contributed by atoms with van der Waals surface area (Å²) < 4.78 is 26.6. The van der Waals surface area contributed by atoms with Gasteiger partial charge in [-0.3, -0.25) is 15.1 Å². The van der Waals surface area contributed by atoms with Crippen LogP contribution in [-0.4, -0.2) is 22.8 Å². The maximum absolute atomic E-state index is 13.3. The maximum atomic E-state index is 13.3. The number of halogens is 4. The predicted octanol–water partition coefficient (Wildman–Crippen LogP) is 6.87. The highest BCUT2D eigenvalue weighted by Crippen LogP contribution is 2.37. The zero-order chi connectivity index (χ0) is 25.7. The normalized spacial score (nSPS) is 16.1. The van der Waals surface area contributed by atoms with Crippen LogP contribution >= 0.6 is 23.2 Å². The topological polar surface area (TPSA) is 80.4 Å². The summed E-state index contributed by atoms with van der Waals surface area (Å²) in [5, 5.41) is 3.83. The number of pyridine rings is 1. The van der Waals surface area contributed by atoms with Crippen molar-refractivity contribution in [2.45, 2.75) is 44.6 Å². The van der Waals surface area contributed by atoms with E-state index >= 15 is 0 Å². The van der Waals surface area contributed by atoms with Crippen molar-refractivity contribution in [3.63, 3.8) is 0 Å². The molecule has 0 saturated heterocycles. The molecule has 1 aromatic heterocycles. The molecule has 1 heterocycles. The van der Waals surface area contributed by atoms with Gasteiger partial charge in [-0.25, -0.2) is 13.8 Å². The zero-order valence-electron chi connectivity index (χ0n) is 19.5. The first-order valence-electron chi connectivity index (χ1n) is 11.7. The minimum atomic E-state index is -2.62. The van der Waals surface area contributed by atoms with Crippen LogP contribution < -0.4 is 11.1 Å². The molecule has 5 nitrogen and oxygen atoms in total. The second-order valence-electron chi connectivity index (χ2n) is 9.01. The molecule has 1 fully saturated rings. The Morgan fingerprint density at radius 1 is 1.03 bits per heavy atom. The molecule has 0 bridgehead atoms. The Morgan fingerprint density at radius 2 is 1.61 bits per heavy atom. The Balaban J connectivity index is 1.47. The number of nitrogens with zero attached hydrogens (tertiary/aromatic N) is 2. The smallest absolute Gasteiger partial charge is 0.248 e. The van der Waals surface area contributed by atoms with E-state index in [1.54, 1.807) is 6.20 Å². The molecular weight excluding hydrogens is 505 g/mol. The molecule has 3 aromatic rings. The van der Waals surface area contributed by atoms with Gasteiger partial charge in [0.1, 0.15) is 0 Å². The number of nitrogens with two attached hydrogens (primary N) is 1. The van der Waals surface area contributed by atoms with Crippen molar-refractivity contribution in [2.24, 2.45) is 16.6 Å². The van der Waals surface area contributed by atoms with E-state index < -0.39 is 5.92 Å². The highest BCUT2D eigenvalue weighted by atomic mass is 35.5. The van der Waals surface area contributed by atoms with Crippen molar-refractivity contribution in [3.05, 3.63) is 76.4 Å². The van der Waals surface area contributed by atoms with Crippen molar-refractivity contribution >= 4 is 35.1 Å². The molecule has 1 aliphatic rings. The van der Waals surface area contributed by atoms with Crippen molar-refractivity contribution in [3.8, 4) is 22.4 Å². The number of guanidine groups is 1.